The zero-order chi connectivity index (χ0) is 82.1. The van der Waals surface area contributed by atoms with Crippen molar-refractivity contribution in [2.75, 3.05) is 68.4 Å². The minimum Gasteiger partial charge on any atom is -0.390 e. The van der Waals surface area contributed by atoms with Crippen LogP contribution in [0.3, 0.4) is 0 Å². The first-order valence-corrected chi connectivity index (χ1v) is 41.1. The number of ether oxygens (including phenoxy) is 2. The number of benzene rings is 1. The van der Waals surface area contributed by atoms with E-state index in [9.17, 15) is 106 Å². The molecule has 2 saturated heterocycles. The van der Waals surface area contributed by atoms with Gasteiger partial charge in [-0.05, 0) is 50.4 Å². The van der Waals surface area contributed by atoms with Gasteiger partial charge in [-0.25, -0.2) is 66.9 Å². The number of carbonyl (C=O) groups is 2. The number of aliphatic hydroxyl groups is 2. The lowest BCUT2D eigenvalue weighted by Gasteiger charge is -2.19. The average molecular weight is 1710 g/mol. The van der Waals surface area contributed by atoms with E-state index in [4.69, 9.17) is 34.8 Å². The third-order valence-electron chi connectivity index (χ3n) is 15.1. The number of phosphoric acid groups is 6. The predicted molar refractivity (Wildman–Crippen MR) is 379 cm³/mol. The second-order valence-electron chi connectivity index (χ2n) is 23.3. The summed E-state index contributed by atoms with van der Waals surface area (Å²) in [4.78, 5) is 198. The number of aromatic amines is 2. The van der Waals surface area contributed by atoms with Crippen LogP contribution in [-0.2, 0) is 85.8 Å². The molecule has 10 atom stereocenters. The lowest BCUT2D eigenvalue weighted by molar-refractivity contribution is -0.393. The number of amides is 2. The number of nitro groups is 2. The van der Waals surface area contributed by atoms with Crippen molar-refractivity contribution in [3.63, 3.8) is 0 Å². The number of imidazole rings is 2. The number of nitrogens with zero attached hydrogens (tertiary/aromatic N) is 12. The van der Waals surface area contributed by atoms with Gasteiger partial charge in [0.25, 0.3) is 22.5 Å². The Labute approximate surface area is 624 Å². The summed E-state index contributed by atoms with van der Waals surface area (Å²) in [7, 11) is -33.8. The number of H-pyrrole nitrogens is 2. The Morgan fingerprint density at radius 1 is 0.580 bits per heavy atom. The van der Waals surface area contributed by atoms with Crippen LogP contribution in [0.2, 0.25) is 0 Å². The van der Waals surface area contributed by atoms with Crippen LogP contribution < -0.4 is 54.8 Å². The summed E-state index contributed by atoms with van der Waals surface area (Å²) in [5, 5.41) is 57.3. The van der Waals surface area contributed by atoms with Gasteiger partial charge in [0.15, 0.2) is 22.9 Å². The van der Waals surface area contributed by atoms with Crippen LogP contribution in [0.1, 0.15) is 62.1 Å². The minimum absolute atomic E-state index is 0.0702. The lowest BCUT2D eigenvalue weighted by atomic mass is 10.2. The Balaban J connectivity index is 0.000000288. The quantitative estimate of drug-likeness (QED) is 0.00740. The van der Waals surface area contributed by atoms with E-state index in [2.05, 4.69) is 82.8 Å². The van der Waals surface area contributed by atoms with Crippen LogP contribution in [0.4, 0.5) is 28.7 Å². The van der Waals surface area contributed by atoms with Gasteiger partial charge >= 0.3 is 58.3 Å². The number of non-ortho nitro benzene ring substituents is 1. The number of rotatable bonds is 40. The number of anilines is 3. The number of nitrogens with one attached hydrogen (secondary N) is 7. The van der Waals surface area contributed by atoms with Gasteiger partial charge in [-0.15, -0.1) is 0 Å². The highest BCUT2D eigenvalue weighted by Crippen LogP contribution is 2.67. The summed E-state index contributed by atoms with van der Waals surface area (Å²) in [6, 6.07) is 3.35. The highest BCUT2D eigenvalue weighted by molar-refractivity contribution is 7.67. The molecule has 0 spiro atoms. The van der Waals surface area contributed by atoms with Crippen molar-refractivity contribution in [3.05, 3.63) is 141 Å². The number of phosphoric ester groups is 2. The molecule has 0 radical (unpaired) electrons. The van der Waals surface area contributed by atoms with Gasteiger partial charge in [-0.3, -0.25) is 67.6 Å². The van der Waals surface area contributed by atoms with Crippen molar-refractivity contribution in [1.29, 1.82) is 0 Å². The number of nitrogens with two attached hydrogens (primary N) is 1. The summed E-state index contributed by atoms with van der Waals surface area (Å²) in [6.07, 6.45) is 6.14. The van der Waals surface area contributed by atoms with Gasteiger partial charge in [0.1, 0.15) is 54.0 Å². The van der Waals surface area contributed by atoms with E-state index >= 15 is 0 Å². The number of unbranched alkanes of at least 4 members (excludes halogenated alkanes) is 2. The van der Waals surface area contributed by atoms with Gasteiger partial charge in [0.2, 0.25) is 11.8 Å². The van der Waals surface area contributed by atoms with Crippen LogP contribution in [0.25, 0.3) is 34.5 Å². The van der Waals surface area contributed by atoms with Gasteiger partial charge < -0.3 is 100 Å². The number of fused-ring (bicyclic) bond motifs is 2. The summed E-state index contributed by atoms with van der Waals surface area (Å²) < 4.78 is 108. The number of hydrogen-bond acceptors (Lipinski definition) is 36. The first-order valence-electron chi connectivity index (χ1n) is 32.1. The van der Waals surface area contributed by atoms with Crippen LogP contribution in [0, 0.1) is 20.2 Å². The molecule has 2 fully saturated rings. The molecule has 9 rings (SSSR count). The zero-order valence-electron chi connectivity index (χ0n) is 57.2. The second-order valence-corrected chi connectivity index (χ2v) is 32.1. The van der Waals surface area contributed by atoms with Crippen molar-refractivity contribution in [2.45, 2.75) is 88.5 Å². The molecule has 6 aromatic heterocycles. The van der Waals surface area contributed by atoms with E-state index in [0.717, 1.165) is 64.7 Å². The molecule has 54 nitrogen and oxygen atoms in total. The summed E-state index contributed by atoms with van der Waals surface area (Å²) in [5.41, 5.74) is 3.01. The SMILES string of the molecule is NCCCCn1cnc2c(NCCNC(=O)/C=C/c3cn(C4CC(O)C(COP(=O)(O)OP(=O)(O)OP(=O)(O)O)O4)c(=O)[nH]c3=O)ncnc21.O=C(/C=C/c1cn(C2CC(O)C(COP(=O)(O)OP(=O)(O)OP(=O)(O)O)O2)c(=O)[nH]c1=O)NCCNc1ncnc2c1ncn2CCCCNc1ccc([N+](=O)[O-])cc1[N+](=O)[O-]. The Morgan fingerprint density at radius 2 is 1.02 bits per heavy atom. The van der Waals surface area contributed by atoms with E-state index in [1.54, 1.807) is 17.2 Å². The van der Waals surface area contributed by atoms with Gasteiger partial charge in [-0.2, -0.15) is 17.2 Å². The highest BCUT2D eigenvalue weighted by Gasteiger charge is 2.45. The molecule has 60 heteroatoms. The third kappa shape index (κ3) is 26.5. The molecular weight excluding hydrogens is 1630 g/mol. The molecule has 7 aromatic rings. The van der Waals surface area contributed by atoms with Crippen molar-refractivity contribution >= 4 is 122 Å². The number of nitro benzene ring substituents is 2. The summed E-state index contributed by atoms with van der Waals surface area (Å²) in [6.45, 7) is 0.805. The molecule has 0 saturated carbocycles. The molecule has 612 valence electrons. The second kappa shape index (κ2) is 38.6. The molecule has 8 heterocycles. The topological polar surface area (TPSA) is 782 Å². The van der Waals surface area contributed by atoms with Crippen molar-refractivity contribution < 1.29 is 132 Å². The summed E-state index contributed by atoms with van der Waals surface area (Å²) >= 11 is 0. The molecule has 2 aliphatic heterocycles. The first-order chi connectivity index (χ1) is 52.6. The number of hydrogen-bond donors (Lipinski definition) is 18. The Kier molecular flexibility index (Phi) is 30.5. The van der Waals surface area contributed by atoms with Crippen LogP contribution >= 0.6 is 46.9 Å². The van der Waals surface area contributed by atoms with E-state index in [1.165, 1.54) is 24.8 Å². The minimum atomic E-state index is -5.80. The normalized spacial score (nSPS) is 19.5. The van der Waals surface area contributed by atoms with Crippen molar-refractivity contribution in [2.24, 2.45) is 5.73 Å². The molecule has 10 unspecified atom stereocenters. The molecule has 112 heavy (non-hydrogen) atoms. The monoisotopic (exact) mass is 1700 g/mol. The maximum atomic E-state index is 12.6. The molecule has 19 N–H and O–H groups in total. The average Bonchev–Trinajstić information content (AvgIpc) is 1.68. The first kappa shape index (κ1) is 88.5. The van der Waals surface area contributed by atoms with E-state index in [1.807, 2.05) is 14.5 Å². The van der Waals surface area contributed by atoms with E-state index < -0.39 is 153 Å². The van der Waals surface area contributed by atoms with E-state index in [-0.39, 0.29) is 55.8 Å². The smallest absolute Gasteiger partial charge is 0.390 e. The van der Waals surface area contributed by atoms with Crippen LogP contribution in [0.5, 0.6) is 0 Å². The Morgan fingerprint density at radius 3 is 1.43 bits per heavy atom. The Hall–Kier alpha value is -9.08. The number of aromatic nitrogens is 12. The molecule has 0 bridgehead atoms. The molecule has 2 aliphatic rings. The van der Waals surface area contributed by atoms with Crippen molar-refractivity contribution in [3.8, 4) is 0 Å². The largest absolute Gasteiger partial charge is 0.490 e. The van der Waals surface area contributed by atoms with Gasteiger partial charge in [0, 0.05) is 89.3 Å². The fourth-order valence-corrected chi connectivity index (χ4v) is 16.3. The van der Waals surface area contributed by atoms with Crippen LogP contribution in [-0.4, -0.2) is 206 Å². The molecular formula is C52H70N20O34P6. The van der Waals surface area contributed by atoms with Crippen LogP contribution in [0.15, 0.2) is 87.2 Å². The number of carbonyl (C=O) groups excluding carboxylic acids is 2. The fourth-order valence-electron chi connectivity index (χ4n) is 10.2. The zero-order valence-corrected chi connectivity index (χ0v) is 62.5. The maximum Gasteiger partial charge on any atom is 0.490 e. The third-order valence-corrected chi connectivity index (χ3v) is 22.7. The molecule has 0 aliphatic carbocycles. The summed E-state index contributed by atoms with van der Waals surface area (Å²) in [5.74, 6) is -0.380. The predicted octanol–water partition coefficient (Wildman–Crippen LogP) is -0.733. The van der Waals surface area contributed by atoms with Crippen molar-refractivity contribution in [1.82, 2.24) is 68.8 Å². The maximum absolute atomic E-state index is 12.6. The van der Waals surface area contributed by atoms with Gasteiger partial charge in [0.05, 0.1) is 65.1 Å². The standard InChI is InChI=1S/C29H36N11O19P3.C23H34N9O15P3/c41-21-12-24(57-22(21)14-56-61(52,53)59-62(54,55)58-60(49,50)51)38-13-17(28(43)36-29(38)44)3-6-23(42)31-8-9-32-26-25-27(34-15-33-26)37(16-35-25)10-2-1-7-30-19-5-4-18(39(45)46)11-20(19)40(47)48;24-5-1-2-8-31-13-29-19-20(27-12-28-21(19)31)26-7-6-25-17(34)4-3-14-10-32(23(36)30-22(14)35)18-9-15(33)16(45-18)11-44-49(40,41)47-50(42,43)46-48(37,38)39/h3-6,11,13,15-16,21-22,24,30,41H,1-2,7-10,12,14H2,(H,31,42)(H,52,53)(H,54,55)(H,32,33,34)(H,36,43,44)(H2,49,50,51);3-4,10,12-13,15-16,18,33H,1-2,5-9,11,24H2,(H,25,34)(H,40,41)(H,42,43)(H,26,27,28)(H,30,35,36)(H2,37,38,39)/b6-3+;4-3+. The number of aliphatic hydroxyl groups excluding tert-OH is 2. The molecule has 1 aromatic carbocycles. The molecule has 2 amide bonds. The highest BCUT2D eigenvalue weighted by atomic mass is 31.3. The fraction of sp³-hybridized carbons (Fsp3) is 0.423. The Bertz CT molecular complexity index is 5200. The lowest BCUT2D eigenvalue weighted by Crippen LogP contribution is -2.33. The van der Waals surface area contributed by atoms with E-state index in [0.29, 0.717) is 73.0 Å². The van der Waals surface area contributed by atoms with Gasteiger partial charge in [-0.1, -0.05) is 0 Å². The number of aryl methyl sites for hydroxylation is 2.